The van der Waals surface area contributed by atoms with Crippen LogP contribution in [0.3, 0.4) is 0 Å². The van der Waals surface area contributed by atoms with Gasteiger partial charge in [-0.1, -0.05) is 32.0 Å². The Hall–Kier alpha value is -2.14. The maximum absolute atomic E-state index is 11.9. The lowest BCUT2D eigenvalue weighted by Gasteiger charge is -2.17. The summed E-state index contributed by atoms with van der Waals surface area (Å²) in [5.74, 6) is 0.223. The van der Waals surface area contributed by atoms with Crippen molar-refractivity contribution in [2.24, 2.45) is 0 Å². The largest absolute Gasteiger partial charge is 0.459 e. The van der Waals surface area contributed by atoms with Crippen molar-refractivity contribution in [3.05, 3.63) is 53.5 Å². The van der Waals surface area contributed by atoms with E-state index in [1.807, 2.05) is 19.1 Å². The minimum atomic E-state index is -0.364. The van der Waals surface area contributed by atoms with E-state index in [1.54, 1.807) is 12.1 Å². The Morgan fingerprint density at radius 3 is 2.62 bits per heavy atom. The second-order valence-electron chi connectivity index (χ2n) is 5.08. The Morgan fingerprint density at radius 2 is 2.00 bits per heavy atom. The van der Waals surface area contributed by atoms with E-state index < -0.39 is 0 Å². The number of carbonyl (C=O) groups excluding carboxylic acids is 1. The van der Waals surface area contributed by atoms with Crippen molar-refractivity contribution < 1.29 is 9.21 Å². The number of anilines is 1. The molecule has 0 spiro atoms. The molecule has 0 saturated heterocycles. The van der Waals surface area contributed by atoms with Gasteiger partial charge < -0.3 is 9.73 Å². The topological polar surface area (TPSA) is 54.3 Å². The number of amides is 1. The van der Waals surface area contributed by atoms with Crippen LogP contribution in [0.15, 0.2) is 41.0 Å². The van der Waals surface area contributed by atoms with Gasteiger partial charge >= 0.3 is 0 Å². The fraction of sp³-hybridized carbons (Fsp3) is 0.250. The third kappa shape index (κ3) is 3.70. The fourth-order valence-electron chi connectivity index (χ4n) is 2.06. The maximum Gasteiger partial charge on any atom is 0.293 e. The molecule has 4 nitrogen and oxygen atoms in total. The summed E-state index contributed by atoms with van der Waals surface area (Å²) in [6.07, 6.45) is 1.45. The second-order valence-corrected chi connectivity index (χ2v) is 5.49. The van der Waals surface area contributed by atoms with Gasteiger partial charge in [0.1, 0.15) is 0 Å². The number of hydrogen-bond acceptors (Lipinski definition) is 3. The van der Waals surface area contributed by atoms with Gasteiger partial charge in [0.2, 0.25) is 0 Å². The highest BCUT2D eigenvalue weighted by Crippen LogP contribution is 2.27. The van der Waals surface area contributed by atoms with E-state index in [-0.39, 0.29) is 16.8 Å². The predicted octanol–water partition coefficient (Wildman–Crippen LogP) is 3.84. The van der Waals surface area contributed by atoms with Crippen molar-refractivity contribution >= 4 is 28.9 Å². The molecule has 0 bridgehead atoms. The molecule has 0 atom stereocenters. The van der Waals surface area contributed by atoms with E-state index in [2.05, 4.69) is 30.5 Å². The summed E-state index contributed by atoms with van der Waals surface area (Å²) in [5, 5.41) is 5.98. The van der Waals surface area contributed by atoms with E-state index in [9.17, 15) is 4.79 Å². The number of hydrogen-bond donors (Lipinski definition) is 2. The van der Waals surface area contributed by atoms with E-state index >= 15 is 0 Å². The molecule has 0 fully saturated rings. The molecule has 0 radical (unpaired) electrons. The average Bonchev–Trinajstić information content (AvgIpc) is 2.94. The zero-order valence-corrected chi connectivity index (χ0v) is 13.1. The molecule has 0 unspecified atom stereocenters. The first-order valence-corrected chi connectivity index (χ1v) is 7.15. The number of aryl methyl sites for hydroxylation is 1. The van der Waals surface area contributed by atoms with Gasteiger partial charge in [-0.3, -0.25) is 10.1 Å². The Balaban J connectivity index is 2.11. The number of thiocarbonyl (C=S) groups is 1. The average molecular weight is 302 g/mol. The van der Waals surface area contributed by atoms with Crippen molar-refractivity contribution in [2.45, 2.75) is 26.7 Å². The monoisotopic (exact) mass is 302 g/mol. The number of para-hydroxylation sites is 1. The molecule has 0 aliphatic rings. The summed E-state index contributed by atoms with van der Waals surface area (Å²) in [6.45, 7) is 6.24. The van der Waals surface area contributed by atoms with Gasteiger partial charge in [0.25, 0.3) is 5.91 Å². The van der Waals surface area contributed by atoms with Crippen LogP contribution in [0.5, 0.6) is 0 Å². The first-order valence-electron chi connectivity index (χ1n) is 6.74. The van der Waals surface area contributed by atoms with Crippen molar-refractivity contribution in [2.75, 3.05) is 5.32 Å². The van der Waals surface area contributed by atoms with Crippen LogP contribution in [-0.4, -0.2) is 11.0 Å². The molecule has 0 aliphatic carbocycles. The molecule has 0 saturated carbocycles. The van der Waals surface area contributed by atoms with Crippen LogP contribution in [0.25, 0.3) is 0 Å². The summed E-state index contributed by atoms with van der Waals surface area (Å²) in [6, 6.07) is 9.32. The van der Waals surface area contributed by atoms with Crippen molar-refractivity contribution in [3.63, 3.8) is 0 Å². The summed E-state index contributed by atoms with van der Waals surface area (Å²) in [7, 11) is 0. The molecule has 5 heteroatoms. The molecule has 2 rings (SSSR count). The highest BCUT2D eigenvalue weighted by molar-refractivity contribution is 7.80. The zero-order chi connectivity index (χ0) is 15.4. The highest BCUT2D eigenvalue weighted by atomic mass is 32.1. The summed E-state index contributed by atoms with van der Waals surface area (Å²) in [5.41, 5.74) is 3.18. The highest BCUT2D eigenvalue weighted by Gasteiger charge is 2.13. The Kier molecular flexibility index (Phi) is 4.75. The lowest BCUT2D eigenvalue weighted by Crippen LogP contribution is -2.34. The number of furan rings is 1. The smallest absolute Gasteiger partial charge is 0.293 e. The van der Waals surface area contributed by atoms with Gasteiger partial charge in [0.15, 0.2) is 10.9 Å². The molecule has 1 amide bonds. The molecule has 0 aliphatic heterocycles. The normalized spacial score (nSPS) is 10.5. The molecule has 1 aromatic heterocycles. The van der Waals surface area contributed by atoms with Gasteiger partial charge in [-0.05, 0) is 48.3 Å². The molecule has 1 aromatic carbocycles. The Labute approximate surface area is 129 Å². The summed E-state index contributed by atoms with van der Waals surface area (Å²) >= 11 is 5.21. The van der Waals surface area contributed by atoms with Gasteiger partial charge in [0.05, 0.1) is 6.26 Å². The first-order chi connectivity index (χ1) is 9.99. The standard InChI is InChI=1S/C16H18N2O2S/c1-10(2)12-7-4-6-11(3)14(12)17-16(21)18-15(19)13-8-5-9-20-13/h4-10H,1-3H3,(H2,17,18,19,21). The summed E-state index contributed by atoms with van der Waals surface area (Å²) < 4.78 is 5.03. The maximum atomic E-state index is 11.9. The van der Waals surface area contributed by atoms with Crippen LogP contribution < -0.4 is 10.6 Å². The minimum absolute atomic E-state index is 0.230. The third-order valence-corrected chi connectivity index (χ3v) is 3.34. The first kappa shape index (κ1) is 15.3. The fourth-order valence-corrected chi connectivity index (χ4v) is 2.25. The third-order valence-electron chi connectivity index (χ3n) is 3.14. The van der Waals surface area contributed by atoms with Crippen LogP contribution in [0.2, 0.25) is 0 Å². The number of rotatable bonds is 3. The van der Waals surface area contributed by atoms with Crippen molar-refractivity contribution in [3.8, 4) is 0 Å². The predicted molar refractivity (Wildman–Crippen MR) is 87.7 cm³/mol. The van der Waals surface area contributed by atoms with E-state index in [4.69, 9.17) is 16.6 Å². The van der Waals surface area contributed by atoms with Crippen LogP contribution >= 0.6 is 12.2 Å². The van der Waals surface area contributed by atoms with E-state index in [0.29, 0.717) is 5.92 Å². The second kappa shape index (κ2) is 6.54. The van der Waals surface area contributed by atoms with Gasteiger partial charge in [-0.15, -0.1) is 0 Å². The van der Waals surface area contributed by atoms with Gasteiger partial charge in [-0.25, -0.2) is 0 Å². The lowest BCUT2D eigenvalue weighted by molar-refractivity contribution is 0.0950. The van der Waals surface area contributed by atoms with Crippen molar-refractivity contribution in [1.82, 2.24) is 5.32 Å². The van der Waals surface area contributed by atoms with Crippen LogP contribution in [0.4, 0.5) is 5.69 Å². The Morgan fingerprint density at radius 1 is 1.24 bits per heavy atom. The Bertz CT molecular complexity index is 648. The van der Waals surface area contributed by atoms with Crippen LogP contribution in [0.1, 0.15) is 41.4 Å². The zero-order valence-electron chi connectivity index (χ0n) is 12.3. The quantitative estimate of drug-likeness (QED) is 0.846. The molecule has 21 heavy (non-hydrogen) atoms. The molecule has 110 valence electrons. The van der Waals surface area contributed by atoms with Gasteiger partial charge in [0, 0.05) is 5.69 Å². The number of nitrogens with one attached hydrogen (secondary N) is 2. The lowest BCUT2D eigenvalue weighted by atomic mass is 9.98. The number of carbonyl (C=O) groups is 1. The van der Waals surface area contributed by atoms with Crippen LogP contribution in [-0.2, 0) is 0 Å². The molecule has 1 heterocycles. The van der Waals surface area contributed by atoms with Gasteiger partial charge in [-0.2, -0.15) is 0 Å². The van der Waals surface area contributed by atoms with E-state index in [1.165, 1.54) is 6.26 Å². The molecular formula is C16H18N2O2S. The molecular weight excluding hydrogens is 284 g/mol. The number of benzene rings is 1. The molecule has 2 aromatic rings. The van der Waals surface area contributed by atoms with Crippen molar-refractivity contribution in [1.29, 1.82) is 0 Å². The minimum Gasteiger partial charge on any atom is -0.459 e. The van der Waals surface area contributed by atoms with E-state index in [0.717, 1.165) is 16.8 Å². The molecule has 2 N–H and O–H groups in total. The van der Waals surface area contributed by atoms with Crippen LogP contribution in [0, 0.1) is 6.92 Å². The summed E-state index contributed by atoms with van der Waals surface area (Å²) in [4.78, 5) is 11.9. The SMILES string of the molecule is Cc1cccc(C(C)C)c1NC(=S)NC(=O)c1ccco1.